The number of benzene rings is 2. The van der Waals surface area contributed by atoms with Crippen LogP contribution in [0.2, 0.25) is 0 Å². The number of para-hydroxylation sites is 1. The Morgan fingerprint density at radius 1 is 1.08 bits per heavy atom. The predicted molar refractivity (Wildman–Crippen MR) is 144 cm³/mol. The minimum atomic E-state index is -0.432. The first-order valence-electron chi connectivity index (χ1n) is 13.1. The number of aromatic nitrogens is 2. The molecule has 0 spiro atoms. The van der Waals surface area contributed by atoms with Crippen LogP contribution in [0.5, 0.6) is 0 Å². The van der Waals surface area contributed by atoms with E-state index in [1.165, 1.54) is 5.56 Å². The Morgan fingerprint density at radius 3 is 2.68 bits per heavy atom. The van der Waals surface area contributed by atoms with Gasteiger partial charge in [0, 0.05) is 44.2 Å². The number of carbonyl (C=O) groups excluding carboxylic acids is 2. The molecule has 1 fully saturated rings. The van der Waals surface area contributed by atoms with Crippen molar-refractivity contribution < 1.29 is 9.59 Å². The number of fused-ring (bicyclic) bond motifs is 5. The molecule has 3 aromatic rings. The first-order chi connectivity index (χ1) is 18.0. The number of rotatable bonds is 4. The number of urea groups is 1. The van der Waals surface area contributed by atoms with Crippen molar-refractivity contribution in [1.82, 2.24) is 30.4 Å². The van der Waals surface area contributed by atoms with Gasteiger partial charge in [-0.25, -0.2) is 14.8 Å². The zero-order valence-corrected chi connectivity index (χ0v) is 21.5. The van der Waals surface area contributed by atoms with Gasteiger partial charge in [-0.05, 0) is 30.0 Å². The van der Waals surface area contributed by atoms with Crippen LogP contribution >= 0.6 is 0 Å². The number of nitrogens with one attached hydrogen (secondary N) is 3. The van der Waals surface area contributed by atoms with Gasteiger partial charge in [-0.1, -0.05) is 56.3 Å². The second-order valence-electron chi connectivity index (χ2n) is 10.2. The molecule has 1 saturated heterocycles. The van der Waals surface area contributed by atoms with Gasteiger partial charge in [-0.15, -0.1) is 0 Å². The van der Waals surface area contributed by atoms with Crippen LogP contribution in [0.15, 0.2) is 54.6 Å². The highest BCUT2D eigenvalue weighted by molar-refractivity contribution is 5.92. The van der Waals surface area contributed by atoms with Crippen molar-refractivity contribution in [2.24, 2.45) is 5.92 Å². The van der Waals surface area contributed by atoms with Crippen molar-refractivity contribution in [3.8, 4) is 0 Å². The lowest BCUT2D eigenvalue weighted by atomic mass is 10.0. The molecule has 5 rings (SSSR count). The summed E-state index contributed by atoms with van der Waals surface area (Å²) >= 11 is 0. The molecule has 3 N–H and O–H groups in total. The van der Waals surface area contributed by atoms with Crippen LogP contribution in [0, 0.1) is 5.92 Å². The van der Waals surface area contributed by atoms with E-state index in [9.17, 15) is 9.59 Å². The van der Waals surface area contributed by atoms with E-state index in [-0.39, 0.29) is 23.9 Å². The maximum Gasteiger partial charge on any atom is 0.317 e. The summed E-state index contributed by atoms with van der Waals surface area (Å²) in [5.74, 6) is 1.39. The zero-order valence-electron chi connectivity index (χ0n) is 21.5. The first-order valence-corrected chi connectivity index (χ1v) is 13.1. The van der Waals surface area contributed by atoms with E-state index in [4.69, 9.17) is 9.97 Å². The second-order valence-corrected chi connectivity index (χ2v) is 10.2. The molecule has 2 atom stereocenters. The van der Waals surface area contributed by atoms with Crippen molar-refractivity contribution in [2.45, 2.75) is 38.9 Å². The van der Waals surface area contributed by atoms with Gasteiger partial charge in [0.25, 0.3) is 0 Å². The molecule has 1 aromatic heterocycles. The minimum Gasteiger partial charge on any atom is -0.358 e. The lowest BCUT2D eigenvalue weighted by Crippen LogP contribution is -2.60. The summed E-state index contributed by atoms with van der Waals surface area (Å²) in [6.07, 6.45) is 0.789. The standard InChI is InChI=1S/C28H35N7O2/c1-19(2)25-27(36)30-16-21-17-35(28(37)29-13-12-20-8-4-3-5-9-20)15-14-34(21)18-24-31-23-11-7-6-10-22(23)26(32-24)33-25/h3-11,19,21,25H,12-18H2,1-2H3,(H,29,37)(H,30,36)(H,31,32,33)/t21?,25-/m0/s1. The minimum absolute atomic E-state index is 0.0398. The molecular formula is C28H35N7O2. The first kappa shape index (κ1) is 25.0. The van der Waals surface area contributed by atoms with Gasteiger partial charge in [-0.3, -0.25) is 9.69 Å². The molecule has 1 unspecified atom stereocenters. The highest BCUT2D eigenvalue weighted by Crippen LogP contribution is 2.24. The highest BCUT2D eigenvalue weighted by atomic mass is 16.2. The van der Waals surface area contributed by atoms with Crippen molar-refractivity contribution in [3.63, 3.8) is 0 Å². The van der Waals surface area contributed by atoms with Crippen LogP contribution in [-0.2, 0) is 17.8 Å². The maximum atomic E-state index is 13.3. The summed E-state index contributed by atoms with van der Waals surface area (Å²) in [5.41, 5.74) is 2.05. The van der Waals surface area contributed by atoms with Crippen LogP contribution in [0.1, 0.15) is 25.2 Å². The Labute approximate surface area is 217 Å². The van der Waals surface area contributed by atoms with E-state index >= 15 is 0 Å². The molecule has 0 aliphatic carbocycles. The third kappa shape index (κ3) is 5.83. The number of nitrogens with zero attached hydrogens (tertiary/aromatic N) is 4. The lowest BCUT2D eigenvalue weighted by molar-refractivity contribution is -0.123. The van der Waals surface area contributed by atoms with Crippen LogP contribution in [0.4, 0.5) is 10.6 Å². The Morgan fingerprint density at radius 2 is 1.86 bits per heavy atom. The summed E-state index contributed by atoms with van der Waals surface area (Å²) in [5, 5.41) is 10.5. The fraction of sp³-hybridized carbons (Fsp3) is 0.429. The summed E-state index contributed by atoms with van der Waals surface area (Å²) in [6.45, 7) is 7.44. The fourth-order valence-electron chi connectivity index (χ4n) is 5.05. The molecule has 9 heteroatoms. The Bertz CT molecular complexity index is 1250. The highest BCUT2D eigenvalue weighted by Gasteiger charge is 2.32. The number of carbonyl (C=O) groups is 2. The third-order valence-corrected chi connectivity index (χ3v) is 7.17. The van der Waals surface area contributed by atoms with Gasteiger partial charge in [0.2, 0.25) is 5.91 Å². The molecular weight excluding hydrogens is 466 g/mol. The van der Waals surface area contributed by atoms with E-state index in [0.29, 0.717) is 50.9 Å². The fourth-order valence-corrected chi connectivity index (χ4v) is 5.05. The largest absolute Gasteiger partial charge is 0.358 e. The molecule has 3 heterocycles. The van der Waals surface area contributed by atoms with Crippen molar-refractivity contribution >= 4 is 28.7 Å². The van der Waals surface area contributed by atoms with E-state index < -0.39 is 6.04 Å². The molecule has 194 valence electrons. The molecule has 2 aromatic carbocycles. The number of hydrogen-bond acceptors (Lipinski definition) is 6. The molecule has 2 bridgehead atoms. The second kappa shape index (κ2) is 11.1. The van der Waals surface area contributed by atoms with E-state index in [1.54, 1.807) is 0 Å². The molecule has 2 aliphatic heterocycles. The third-order valence-electron chi connectivity index (χ3n) is 7.17. The van der Waals surface area contributed by atoms with Crippen molar-refractivity contribution in [1.29, 1.82) is 0 Å². The molecule has 0 radical (unpaired) electrons. The van der Waals surface area contributed by atoms with Gasteiger partial charge < -0.3 is 20.9 Å². The number of piperazine rings is 1. The van der Waals surface area contributed by atoms with Crippen molar-refractivity contribution in [3.05, 3.63) is 66.0 Å². The summed E-state index contributed by atoms with van der Waals surface area (Å²) in [6, 6.07) is 17.5. The van der Waals surface area contributed by atoms with E-state index in [2.05, 4.69) is 33.0 Å². The number of anilines is 1. The molecule has 2 aliphatic rings. The van der Waals surface area contributed by atoms with Crippen LogP contribution in [0.25, 0.3) is 10.9 Å². The summed E-state index contributed by atoms with van der Waals surface area (Å²) in [7, 11) is 0. The van der Waals surface area contributed by atoms with Gasteiger partial charge in [0.05, 0.1) is 12.1 Å². The van der Waals surface area contributed by atoms with Gasteiger partial charge in [0.1, 0.15) is 17.7 Å². The maximum absolute atomic E-state index is 13.3. The number of amides is 3. The van der Waals surface area contributed by atoms with Crippen molar-refractivity contribution in [2.75, 3.05) is 38.0 Å². The zero-order chi connectivity index (χ0) is 25.8. The monoisotopic (exact) mass is 501 g/mol. The molecule has 9 nitrogen and oxygen atoms in total. The SMILES string of the molecule is CC(C)[C@@H]1Nc2nc(nc3ccccc23)CN2CCN(C(=O)NCCc3ccccc3)CC2CNC1=O. The summed E-state index contributed by atoms with van der Waals surface area (Å²) in [4.78, 5) is 40.0. The Kier molecular flexibility index (Phi) is 7.50. The molecule has 0 saturated carbocycles. The van der Waals surface area contributed by atoms with Crippen LogP contribution in [-0.4, -0.2) is 76.5 Å². The molecule has 3 amide bonds. The average Bonchev–Trinajstić information content (AvgIpc) is 2.92. The Balaban J connectivity index is 1.33. The van der Waals surface area contributed by atoms with Gasteiger partial charge >= 0.3 is 6.03 Å². The van der Waals surface area contributed by atoms with Crippen LogP contribution in [0.3, 0.4) is 0 Å². The number of hydrogen-bond donors (Lipinski definition) is 3. The Hall–Kier alpha value is -3.72. The average molecular weight is 502 g/mol. The summed E-state index contributed by atoms with van der Waals surface area (Å²) < 4.78 is 0. The van der Waals surface area contributed by atoms with E-state index in [0.717, 1.165) is 17.3 Å². The van der Waals surface area contributed by atoms with Gasteiger partial charge in [-0.2, -0.15) is 0 Å². The lowest BCUT2D eigenvalue weighted by Gasteiger charge is -2.41. The normalized spacial score (nSPS) is 20.5. The smallest absolute Gasteiger partial charge is 0.317 e. The molecule has 37 heavy (non-hydrogen) atoms. The van der Waals surface area contributed by atoms with E-state index in [1.807, 2.05) is 61.2 Å². The van der Waals surface area contributed by atoms with Gasteiger partial charge in [0.15, 0.2) is 0 Å². The van der Waals surface area contributed by atoms with Crippen LogP contribution < -0.4 is 16.0 Å². The predicted octanol–water partition coefficient (Wildman–Crippen LogP) is 2.63. The quantitative estimate of drug-likeness (QED) is 0.508. The topological polar surface area (TPSA) is 102 Å².